The van der Waals surface area contributed by atoms with E-state index in [1.54, 1.807) is 0 Å². The first-order chi connectivity index (χ1) is 8.88. The lowest BCUT2D eigenvalue weighted by Gasteiger charge is -2.26. The SMILES string of the molecule is CNC(CCCc1cccs1)CC1CCOCC1. The summed E-state index contributed by atoms with van der Waals surface area (Å²) in [4.78, 5) is 1.52. The molecule has 0 spiro atoms. The van der Waals surface area contributed by atoms with Gasteiger partial charge in [0.25, 0.3) is 0 Å². The Hall–Kier alpha value is -0.380. The molecule has 1 N–H and O–H groups in total. The van der Waals surface area contributed by atoms with E-state index in [1.807, 2.05) is 11.3 Å². The maximum atomic E-state index is 5.43. The zero-order chi connectivity index (χ0) is 12.6. The van der Waals surface area contributed by atoms with E-state index in [-0.39, 0.29) is 0 Å². The van der Waals surface area contributed by atoms with Gasteiger partial charge in [0.05, 0.1) is 0 Å². The summed E-state index contributed by atoms with van der Waals surface area (Å²) >= 11 is 1.88. The Morgan fingerprint density at radius 1 is 1.44 bits per heavy atom. The van der Waals surface area contributed by atoms with E-state index in [0.717, 1.165) is 19.1 Å². The molecule has 2 heterocycles. The van der Waals surface area contributed by atoms with Crippen LogP contribution in [0.15, 0.2) is 17.5 Å². The van der Waals surface area contributed by atoms with E-state index in [9.17, 15) is 0 Å². The van der Waals surface area contributed by atoms with Gasteiger partial charge in [0.1, 0.15) is 0 Å². The molecule has 2 rings (SSSR count). The van der Waals surface area contributed by atoms with Crippen molar-refractivity contribution in [2.45, 2.75) is 44.6 Å². The minimum absolute atomic E-state index is 0.688. The lowest BCUT2D eigenvalue weighted by molar-refractivity contribution is 0.0604. The molecular formula is C15H25NOS. The average Bonchev–Trinajstić information content (AvgIpc) is 2.92. The molecule has 1 atom stereocenters. The average molecular weight is 267 g/mol. The van der Waals surface area contributed by atoms with Crippen molar-refractivity contribution in [1.29, 1.82) is 0 Å². The Bertz CT molecular complexity index is 306. The molecule has 0 aliphatic carbocycles. The number of ether oxygens (including phenoxy) is 1. The van der Waals surface area contributed by atoms with Crippen LogP contribution in [0.3, 0.4) is 0 Å². The van der Waals surface area contributed by atoms with Crippen molar-refractivity contribution in [3.63, 3.8) is 0 Å². The Kier molecular flexibility index (Phi) is 6.18. The molecular weight excluding hydrogens is 242 g/mol. The van der Waals surface area contributed by atoms with Gasteiger partial charge in [0.15, 0.2) is 0 Å². The zero-order valence-corrected chi connectivity index (χ0v) is 12.2. The highest BCUT2D eigenvalue weighted by molar-refractivity contribution is 7.09. The lowest BCUT2D eigenvalue weighted by atomic mass is 9.90. The number of rotatable bonds is 7. The minimum Gasteiger partial charge on any atom is -0.381 e. The third-order valence-electron chi connectivity index (χ3n) is 3.92. The van der Waals surface area contributed by atoms with Crippen molar-refractivity contribution >= 4 is 11.3 Å². The van der Waals surface area contributed by atoms with Gasteiger partial charge >= 0.3 is 0 Å². The van der Waals surface area contributed by atoms with Crippen molar-refractivity contribution in [3.8, 4) is 0 Å². The number of thiophene rings is 1. The highest BCUT2D eigenvalue weighted by Gasteiger charge is 2.18. The summed E-state index contributed by atoms with van der Waals surface area (Å²) in [5.41, 5.74) is 0. The third-order valence-corrected chi connectivity index (χ3v) is 4.86. The van der Waals surface area contributed by atoms with Gasteiger partial charge in [-0.3, -0.25) is 0 Å². The van der Waals surface area contributed by atoms with Crippen molar-refractivity contribution in [2.24, 2.45) is 5.92 Å². The predicted molar refractivity (Wildman–Crippen MR) is 78.3 cm³/mol. The summed E-state index contributed by atoms with van der Waals surface area (Å²) in [5, 5.41) is 5.67. The first kappa shape index (κ1) is 14.0. The molecule has 2 nitrogen and oxygen atoms in total. The van der Waals surface area contributed by atoms with Gasteiger partial charge in [-0.15, -0.1) is 11.3 Å². The van der Waals surface area contributed by atoms with Gasteiger partial charge < -0.3 is 10.1 Å². The van der Waals surface area contributed by atoms with Crippen LogP contribution in [0.2, 0.25) is 0 Å². The van der Waals surface area contributed by atoms with Crippen LogP contribution in [0.5, 0.6) is 0 Å². The van der Waals surface area contributed by atoms with E-state index < -0.39 is 0 Å². The van der Waals surface area contributed by atoms with Crippen LogP contribution >= 0.6 is 11.3 Å². The Morgan fingerprint density at radius 2 is 2.28 bits per heavy atom. The van der Waals surface area contributed by atoms with Gasteiger partial charge in [0, 0.05) is 24.1 Å². The molecule has 0 radical (unpaired) electrons. The van der Waals surface area contributed by atoms with Crippen LogP contribution in [0.4, 0.5) is 0 Å². The number of nitrogens with one attached hydrogen (secondary N) is 1. The molecule has 0 saturated carbocycles. The molecule has 1 aromatic rings. The number of hydrogen-bond acceptors (Lipinski definition) is 3. The van der Waals surface area contributed by atoms with Crippen molar-refractivity contribution < 1.29 is 4.74 Å². The third kappa shape index (κ3) is 4.71. The second kappa shape index (κ2) is 7.93. The molecule has 18 heavy (non-hydrogen) atoms. The largest absolute Gasteiger partial charge is 0.381 e. The van der Waals surface area contributed by atoms with Crippen LogP contribution in [0.1, 0.15) is 37.0 Å². The normalized spacial score (nSPS) is 18.9. The summed E-state index contributed by atoms with van der Waals surface area (Å²) < 4.78 is 5.43. The zero-order valence-electron chi connectivity index (χ0n) is 11.4. The molecule has 1 unspecified atom stereocenters. The fraction of sp³-hybridized carbons (Fsp3) is 0.733. The summed E-state index contributed by atoms with van der Waals surface area (Å²) in [6.07, 6.45) is 7.67. The molecule has 0 bridgehead atoms. The smallest absolute Gasteiger partial charge is 0.0468 e. The maximum absolute atomic E-state index is 5.43. The minimum atomic E-state index is 0.688. The molecule has 0 amide bonds. The molecule has 1 aromatic heterocycles. The Morgan fingerprint density at radius 3 is 2.94 bits per heavy atom. The first-order valence-corrected chi connectivity index (χ1v) is 8.04. The van der Waals surface area contributed by atoms with Crippen LogP contribution in [0.25, 0.3) is 0 Å². The summed E-state index contributed by atoms with van der Waals surface area (Å²) in [6.45, 7) is 1.94. The van der Waals surface area contributed by atoms with Crippen molar-refractivity contribution in [1.82, 2.24) is 5.32 Å². The predicted octanol–water partition coefficient (Wildman–Crippen LogP) is 3.48. The molecule has 0 aromatic carbocycles. The first-order valence-electron chi connectivity index (χ1n) is 7.16. The quantitative estimate of drug-likeness (QED) is 0.816. The van der Waals surface area contributed by atoms with Gasteiger partial charge in [-0.25, -0.2) is 0 Å². The highest BCUT2D eigenvalue weighted by Crippen LogP contribution is 2.22. The fourth-order valence-electron chi connectivity index (χ4n) is 2.74. The molecule has 1 fully saturated rings. The summed E-state index contributed by atoms with van der Waals surface area (Å²) in [6, 6.07) is 5.09. The molecule has 1 aliphatic rings. The second-order valence-corrected chi connectivity index (χ2v) is 6.28. The van der Waals surface area contributed by atoms with Crippen molar-refractivity contribution in [2.75, 3.05) is 20.3 Å². The molecule has 1 saturated heterocycles. The van der Waals surface area contributed by atoms with Gasteiger partial charge in [-0.1, -0.05) is 6.07 Å². The summed E-state index contributed by atoms with van der Waals surface area (Å²) in [5.74, 6) is 0.873. The number of hydrogen-bond donors (Lipinski definition) is 1. The van der Waals surface area contributed by atoms with E-state index in [0.29, 0.717) is 6.04 Å². The van der Waals surface area contributed by atoms with E-state index in [2.05, 4.69) is 29.9 Å². The molecule has 102 valence electrons. The van der Waals surface area contributed by atoms with Crippen LogP contribution in [-0.4, -0.2) is 26.3 Å². The lowest BCUT2D eigenvalue weighted by Crippen LogP contribution is -2.30. The van der Waals surface area contributed by atoms with Crippen LogP contribution in [0, 0.1) is 5.92 Å². The maximum Gasteiger partial charge on any atom is 0.0468 e. The van der Waals surface area contributed by atoms with E-state index in [4.69, 9.17) is 4.74 Å². The van der Waals surface area contributed by atoms with Gasteiger partial charge in [-0.2, -0.15) is 0 Å². The van der Waals surface area contributed by atoms with Gasteiger partial charge in [0.2, 0.25) is 0 Å². The number of aryl methyl sites for hydroxylation is 1. The van der Waals surface area contributed by atoms with Gasteiger partial charge in [-0.05, 0) is 62.9 Å². The Labute approximate surface area is 115 Å². The van der Waals surface area contributed by atoms with Crippen LogP contribution in [-0.2, 0) is 11.2 Å². The Balaban J connectivity index is 1.65. The van der Waals surface area contributed by atoms with E-state index >= 15 is 0 Å². The standard InChI is InChI=1S/C15H25NOS/c1-16-14(12-13-7-9-17-10-8-13)4-2-5-15-6-3-11-18-15/h3,6,11,13-14,16H,2,4-5,7-10,12H2,1H3. The molecule has 1 aliphatic heterocycles. The van der Waals surface area contributed by atoms with Crippen LogP contribution < -0.4 is 5.32 Å². The van der Waals surface area contributed by atoms with Crippen molar-refractivity contribution in [3.05, 3.63) is 22.4 Å². The monoisotopic (exact) mass is 267 g/mol. The fourth-order valence-corrected chi connectivity index (χ4v) is 3.49. The topological polar surface area (TPSA) is 21.3 Å². The second-order valence-electron chi connectivity index (χ2n) is 5.25. The summed E-state index contributed by atoms with van der Waals surface area (Å²) in [7, 11) is 2.11. The molecule has 3 heteroatoms. The highest BCUT2D eigenvalue weighted by atomic mass is 32.1. The van der Waals surface area contributed by atoms with E-state index in [1.165, 1.54) is 43.4 Å².